The van der Waals surface area contributed by atoms with Gasteiger partial charge in [-0.15, -0.1) is 0 Å². The number of hydrogen-bond donors (Lipinski definition) is 3. The second kappa shape index (κ2) is 7.38. The number of amides is 3. The third kappa shape index (κ3) is 4.18. The highest BCUT2D eigenvalue weighted by atomic mass is 16.2. The molecule has 0 saturated heterocycles. The molecule has 130 valence electrons. The third-order valence-corrected chi connectivity index (χ3v) is 4.48. The molecule has 5 nitrogen and oxygen atoms in total. The van der Waals surface area contributed by atoms with Gasteiger partial charge in [0.1, 0.15) is 0 Å². The lowest BCUT2D eigenvalue weighted by Crippen LogP contribution is -2.34. The zero-order valence-corrected chi connectivity index (χ0v) is 14.6. The van der Waals surface area contributed by atoms with E-state index in [-0.39, 0.29) is 18.0 Å². The summed E-state index contributed by atoms with van der Waals surface area (Å²) in [5.41, 5.74) is 4.81. The molecule has 2 aromatic rings. The van der Waals surface area contributed by atoms with Crippen molar-refractivity contribution in [3.63, 3.8) is 0 Å². The molecule has 0 radical (unpaired) electrons. The van der Waals surface area contributed by atoms with E-state index in [1.165, 1.54) is 18.1 Å². The Hall–Kier alpha value is -2.82. The third-order valence-electron chi connectivity index (χ3n) is 4.48. The molecular weight excluding hydrogens is 314 g/mol. The van der Waals surface area contributed by atoms with Crippen molar-refractivity contribution in [2.75, 3.05) is 10.6 Å². The van der Waals surface area contributed by atoms with Crippen LogP contribution in [0.2, 0.25) is 0 Å². The van der Waals surface area contributed by atoms with Crippen LogP contribution in [0.1, 0.15) is 42.5 Å². The molecule has 0 saturated carbocycles. The van der Waals surface area contributed by atoms with Crippen molar-refractivity contribution in [2.24, 2.45) is 0 Å². The number of hydrogen-bond acceptors (Lipinski definition) is 2. The molecule has 2 aromatic carbocycles. The summed E-state index contributed by atoms with van der Waals surface area (Å²) in [6.07, 6.45) is 3.07. The van der Waals surface area contributed by atoms with E-state index < -0.39 is 0 Å². The first-order valence-corrected chi connectivity index (χ1v) is 8.56. The molecule has 1 atom stereocenters. The molecule has 5 heteroatoms. The lowest BCUT2D eigenvalue weighted by atomic mass is 9.88. The summed E-state index contributed by atoms with van der Waals surface area (Å²) in [6, 6.07) is 13.5. The Balaban J connectivity index is 1.68. The predicted molar refractivity (Wildman–Crippen MR) is 99.8 cm³/mol. The van der Waals surface area contributed by atoms with Gasteiger partial charge in [-0.2, -0.15) is 0 Å². The van der Waals surface area contributed by atoms with E-state index in [1.807, 2.05) is 31.2 Å². The fourth-order valence-electron chi connectivity index (χ4n) is 3.25. The maximum atomic E-state index is 12.4. The minimum absolute atomic E-state index is 0.0326. The first-order valence-electron chi connectivity index (χ1n) is 8.56. The van der Waals surface area contributed by atoms with Gasteiger partial charge in [0.2, 0.25) is 5.91 Å². The first-order chi connectivity index (χ1) is 12.0. The second-order valence-corrected chi connectivity index (χ2v) is 6.45. The fraction of sp³-hybridized carbons (Fsp3) is 0.300. The van der Waals surface area contributed by atoms with Crippen LogP contribution >= 0.6 is 0 Å². The van der Waals surface area contributed by atoms with Crippen LogP contribution in [0.4, 0.5) is 16.2 Å². The topological polar surface area (TPSA) is 70.2 Å². The average molecular weight is 337 g/mol. The summed E-state index contributed by atoms with van der Waals surface area (Å²) >= 11 is 0. The van der Waals surface area contributed by atoms with Gasteiger partial charge in [0.05, 0.1) is 6.04 Å². The highest BCUT2D eigenvalue weighted by Crippen LogP contribution is 2.29. The Morgan fingerprint density at radius 1 is 1.08 bits per heavy atom. The molecule has 0 bridgehead atoms. The van der Waals surface area contributed by atoms with E-state index >= 15 is 0 Å². The molecule has 0 heterocycles. The molecule has 0 spiro atoms. The van der Waals surface area contributed by atoms with Gasteiger partial charge in [0, 0.05) is 18.3 Å². The van der Waals surface area contributed by atoms with Crippen LogP contribution < -0.4 is 16.0 Å². The van der Waals surface area contributed by atoms with Crippen LogP contribution in [-0.4, -0.2) is 11.9 Å². The van der Waals surface area contributed by atoms with Gasteiger partial charge in [0.15, 0.2) is 0 Å². The van der Waals surface area contributed by atoms with Crippen molar-refractivity contribution in [3.8, 4) is 0 Å². The number of rotatable bonds is 3. The predicted octanol–water partition coefficient (Wildman–Crippen LogP) is 4.15. The quantitative estimate of drug-likeness (QED) is 0.787. The van der Waals surface area contributed by atoms with Crippen molar-refractivity contribution in [3.05, 3.63) is 59.2 Å². The normalized spacial score (nSPS) is 15.8. The van der Waals surface area contributed by atoms with Crippen LogP contribution in [0.5, 0.6) is 0 Å². The van der Waals surface area contributed by atoms with Crippen LogP contribution in [0.15, 0.2) is 42.5 Å². The van der Waals surface area contributed by atoms with E-state index in [4.69, 9.17) is 0 Å². The minimum Gasteiger partial charge on any atom is -0.331 e. The Morgan fingerprint density at radius 3 is 2.68 bits per heavy atom. The summed E-state index contributed by atoms with van der Waals surface area (Å²) in [6.45, 7) is 3.38. The van der Waals surface area contributed by atoms with Crippen molar-refractivity contribution >= 4 is 23.3 Å². The Kier molecular flexibility index (Phi) is 5.03. The second-order valence-electron chi connectivity index (χ2n) is 6.45. The number of benzene rings is 2. The van der Waals surface area contributed by atoms with Crippen LogP contribution in [0, 0.1) is 6.92 Å². The SMILES string of the molecule is CC(=O)Nc1cc(NC(=O)NC2CCCc3ccccc32)ccc1C. The van der Waals surface area contributed by atoms with Gasteiger partial charge in [-0.05, 0) is 55.0 Å². The van der Waals surface area contributed by atoms with Crippen LogP contribution in [-0.2, 0) is 11.2 Å². The molecular formula is C20H23N3O2. The van der Waals surface area contributed by atoms with Crippen LogP contribution in [0.3, 0.4) is 0 Å². The monoisotopic (exact) mass is 337 g/mol. The van der Waals surface area contributed by atoms with Gasteiger partial charge < -0.3 is 16.0 Å². The minimum atomic E-state index is -0.237. The standard InChI is InChI=1S/C20H23N3O2/c1-13-10-11-16(12-19(13)21-14(2)24)22-20(25)23-18-9-5-7-15-6-3-4-8-17(15)18/h3-4,6,8,10-12,18H,5,7,9H2,1-2H3,(H,21,24)(H2,22,23,25). The molecule has 3 N–H and O–H groups in total. The molecule has 0 aromatic heterocycles. The molecule has 3 rings (SSSR count). The van der Waals surface area contributed by atoms with E-state index in [1.54, 1.807) is 6.07 Å². The molecule has 25 heavy (non-hydrogen) atoms. The Morgan fingerprint density at radius 2 is 1.88 bits per heavy atom. The van der Waals surface area contributed by atoms with Crippen molar-refractivity contribution in [1.29, 1.82) is 0 Å². The summed E-state index contributed by atoms with van der Waals surface area (Å²) in [4.78, 5) is 23.7. The highest BCUT2D eigenvalue weighted by molar-refractivity contribution is 5.93. The summed E-state index contributed by atoms with van der Waals surface area (Å²) < 4.78 is 0. The number of aryl methyl sites for hydroxylation is 2. The number of carbonyl (C=O) groups excluding carboxylic acids is 2. The lowest BCUT2D eigenvalue weighted by molar-refractivity contribution is -0.114. The Bertz CT molecular complexity index is 801. The molecule has 0 aliphatic heterocycles. The molecule has 3 amide bonds. The zero-order valence-electron chi connectivity index (χ0n) is 14.6. The fourth-order valence-corrected chi connectivity index (χ4v) is 3.25. The van der Waals surface area contributed by atoms with Crippen LogP contribution in [0.25, 0.3) is 0 Å². The smallest absolute Gasteiger partial charge is 0.319 e. The van der Waals surface area contributed by atoms with Gasteiger partial charge >= 0.3 is 6.03 Å². The Labute approximate surface area is 147 Å². The number of carbonyl (C=O) groups is 2. The average Bonchev–Trinajstić information content (AvgIpc) is 2.58. The maximum Gasteiger partial charge on any atom is 0.319 e. The summed E-state index contributed by atoms with van der Waals surface area (Å²) in [7, 11) is 0. The number of anilines is 2. The number of urea groups is 1. The first kappa shape index (κ1) is 17.0. The summed E-state index contributed by atoms with van der Waals surface area (Å²) in [5, 5.41) is 8.69. The highest BCUT2D eigenvalue weighted by Gasteiger charge is 2.21. The van der Waals surface area contributed by atoms with E-state index in [2.05, 4.69) is 28.1 Å². The summed E-state index contributed by atoms with van der Waals surface area (Å²) in [5.74, 6) is -0.136. The number of nitrogens with one attached hydrogen (secondary N) is 3. The molecule has 1 unspecified atom stereocenters. The van der Waals surface area contributed by atoms with Gasteiger partial charge in [-0.3, -0.25) is 4.79 Å². The molecule has 1 aliphatic carbocycles. The van der Waals surface area contributed by atoms with Crippen molar-refractivity contribution in [1.82, 2.24) is 5.32 Å². The van der Waals surface area contributed by atoms with Gasteiger partial charge in [0.25, 0.3) is 0 Å². The van der Waals surface area contributed by atoms with Gasteiger partial charge in [-0.1, -0.05) is 30.3 Å². The lowest BCUT2D eigenvalue weighted by Gasteiger charge is -2.26. The van der Waals surface area contributed by atoms with E-state index in [9.17, 15) is 9.59 Å². The van der Waals surface area contributed by atoms with Crippen molar-refractivity contribution < 1.29 is 9.59 Å². The number of fused-ring (bicyclic) bond motifs is 1. The van der Waals surface area contributed by atoms with Crippen molar-refractivity contribution in [2.45, 2.75) is 39.2 Å². The van der Waals surface area contributed by atoms with Gasteiger partial charge in [-0.25, -0.2) is 4.79 Å². The molecule has 1 aliphatic rings. The molecule has 0 fully saturated rings. The zero-order chi connectivity index (χ0) is 17.8. The van der Waals surface area contributed by atoms with E-state index in [0.29, 0.717) is 11.4 Å². The largest absolute Gasteiger partial charge is 0.331 e. The maximum absolute atomic E-state index is 12.4. The van der Waals surface area contributed by atoms with E-state index in [0.717, 1.165) is 24.8 Å².